The number of para-hydroxylation sites is 2. The molecule has 0 unspecified atom stereocenters. The molecule has 1 saturated heterocycles. The first-order chi connectivity index (χ1) is 15.7. The standard InChI is InChI=1S/C22H23F2N3O6/c1-14-8-10-26(11-9-14)17-7-6-15(12-18(17)27(30)31)21(29)32-13-20(28)25-16-4-2-3-5-19(16)33-22(23)24/h2-7,12,14,22H,8-11,13H2,1H3,(H,25,28). The van der Waals surface area contributed by atoms with Gasteiger partial charge in [-0.05, 0) is 43.0 Å². The summed E-state index contributed by atoms with van der Waals surface area (Å²) in [6, 6.07) is 9.59. The Labute approximate surface area is 188 Å². The molecule has 1 amide bonds. The molecule has 0 saturated carbocycles. The SMILES string of the molecule is CC1CCN(c2ccc(C(=O)OCC(=O)Nc3ccccc3OC(F)F)cc2[N+](=O)[O-])CC1. The second kappa shape index (κ2) is 10.7. The fraction of sp³-hybridized carbons (Fsp3) is 0.364. The van der Waals surface area contributed by atoms with Crippen LogP contribution in [0.15, 0.2) is 42.5 Å². The average Bonchev–Trinajstić information content (AvgIpc) is 2.78. The number of anilines is 2. The number of nitro benzene ring substituents is 1. The quantitative estimate of drug-likeness (QED) is 0.354. The first-order valence-corrected chi connectivity index (χ1v) is 10.3. The third-order valence-corrected chi connectivity index (χ3v) is 5.24. The van der Waals surface area contributed by atoms with Gasteiger partial charge in [-0.2, -0.15) is 8.78 Å². The lowest BCUT2D eigenvalue weighted by Crippen LogP contribution is -2.33. The predicted molar refractivity (Wildman–Crippen MR) is 116 cm³/mol. The van der Waals surface area contributed by atoms with Crippen molar-refractivity contribution in [1.82, 2.24) is 0 Å². The van der Waals surface area contributed by atoms with E-state index in [1.54, 1.807) is 0 Å². The molecule has 9 nitrogen and oxygen atoms in total. The van der Waals surface area contributed by atoms with Crippen LogP contribution in [0.1, 0.15) is 30.1 Å². The zero-order chi connectivity index (χ0) is 24.0. The van der Waals surface area contributed by atoms with Crippen LogP contribution in [0.3, 0.4) is 0 Å². The minimum Gasteiger partial charge on any atom is -0.452 e. The summed E-state index contributed by atoms with van der Waals surface area (Å²) in [5.41, 5.74) is 0.109. The Kier molecular flexibility index (Phi) is 7.75. The van der Waals surface area contributed by atoms with E-state index in [-0.39, 0.29) is 22.7 Å². The fourth-order valence-electron chi connectivity index (χ4n) is 3.48. The Bertz CT molecular complexity index is 1020. The third kappa shape index (κ3) is 6.37. The average molecular weight is 463 g/mol. The van der Waals surface area contributed by atoms with Gasteiger partial charge in [-0.25, -0.2) is 4.79 Å². The molecular weight excluding hydrogens is 440 g/mol. The Morgan fingerprint density at radius 2 is 1.91 bits per heavy atom. The van der Waals surface area contributed by atoms with Crippen molar-refractivity contribution < 1.29 is 32.8 Å². The van der Waals surface area contributed by atoms with Crippen LogP contribution in [0.2, 0.25) is 0 Å². The highest BCUT2D eigenvalue weighted by Gasteiger charge is 2.25. The van der Waals surface area contributed by atoms with Gasteiger partial charge < -0.3 is 19.7 Å². The molecule has 1 fully saturated rings. The molecule has 0 aliphatic carbocycles. The number of halogens is 2. The lowest BCUT2D eigenvalue weighted by Gasteiger charge is -2.31. The van der Waals surface area contributed by atoms with E-state index in [1.165, 1.54) is 36.4 Å². The molecule has 1 aliphatic rings. The van der Waals surface area contributed by atoms with Crippen molar-refractivity contribution in [3.05, 3.63) is 58.1 Å². The molecule has 2 aromatic rings. The van der Waals surface area contributed by atoms with Gasteiger partial charge in [0.15, 0.2) is 6.61 Å². The number of hydrogen-bond donors (Lipinski definition) is 1. The minimum absolute atomic E-state index is 0.0188. The molecule has 1 aliphatic heterocycles. The smallest absolute Gasteiger partial charge is 0.387 e. The number of carbonyl (C=O) groups is 2. The molecule has 0 aromatic heterocycles. The second-order valence-corrected chi connectivity index (χ2v) is 7.63. The number of carbonyl (C=O) groups excluding carboxylic acids is 2. The first-order valence-electron chi connectivity index (χ1n) is 10.3. The number of benzene rings is 2. The van der Waals surface area contributed by atoms with Crippen LogP contribution in [0.25, 0.3) is 0 Å². The topological polar surface area (TPSA) is 111 Å². The number of rotatable bonds is 8. The highest BCUT2D eigenvalue weighted by atomic mass is 19.3. The summed E-state index contributed by atoms with van der Waals surface area (Å²) in [5, 5.41) is 13.9. The number of hydrogen-bond acceptors (Lipinski definition) is 7. The van der Waals surface area contributed by atoms with Crippen molar-refractivity contribution in [2.75, 3.05) is 29.9 Å². The number of esters is 1. The molecule has 1 heterocycles. The van der Waals surface area contributed by atoms with Gasteiger partial charge in [0.2, 0.25) is 0 Å². The van der Waals surface area contributed by atoms with Crippen LogP contribution >= 0.6 is 0 Å². The van der Waals surface area contributed by atoms with E-state index in [9.17, 15) is 28.5 Å². The van der Waals surface area contributed by atoms with Gasteiger partial charge >= 0.3 is 12.6 Å². The number of ether oxygens (including phenoxy) is 2. The summed E-state index contributed by atoms with van der Waals surface area (Å²) in [6.45, 7) is -0.300. The lowest BCUT2D eigenvalue weighted by atomic mass is 9.98. The van der Waals surface area contributed by atoms with Crippen molar-refractivity contribution in [1.29, 1.82) is 0 Å². The lowest BCUT2D eigenvalue weighted by molar-refractivity contribution is -0.384. The number of piperidine rings is 1. The van der Waals surface area contributed by atoms with Crippen LogP contribution in [0.4, 0.5) is 25.8 Å². The number of nitrogens with zero attached hydrogens (tertiary/aromatic N) is 2. The summed E-state index contributed by atoms with van der Waals surface area (Å²) in [6.07, 6.45) is 1.84. The maximum absolute atomic E-state index is 12.5. The molecule has 3 rings (SSSR count). The highest BCUT2D eigenvalue weighted by Crippen LogP contribution is 2.32. The van der Waals surface area contributed by atoms with Gasteiger partial charge in [0, 0.05) is 19.2 Å². The summed E-state index contributed by atoms with van der Waals surface area (Å²) >= 11 is 0. The molecule has 2 aromatic carbocycles. The van der Waals surface area contributed by atoms with Crippen LogP contribution in [0, 0.1) is 16.0 Å². The zero-order valence-corrected chi connectivity index (χ0v) is 17.8. The Morgan fingerprint density at radius 1 is 1.21 bits per heavy atom. The monoisotopic (exact) mass is 463 g/mol. The molecule has 0 bridgehead atoms. The van der Waals surface area contributed by atoms with E-state index in [4.69, 9.17) is 4.74 Å². The number of nitrogens with one attached hydrogen (secondary N) is 1. The van der Waals surface area contributed by atoms with Gasteiger partial charge in [0.05, 0.1) is 16.2 Å². The third-order valence-electron chi connectivity index (χ3n) is 5.24. The van der Waals surface area contributed by atoms with Gasteiger partial charge in [-0.1, -0.05) is 19.1 Å². The van der Waals surface area contributed by atoms with Gasteiger partial charge in [-0.3, -0.25) is 14.9 Å². The molecule has 33 heavy (non-hydrogen) atoms. The molecule has 1 N–H and O–H groups in total. The maximum Gasteiger partial charge on any atom is 0.387 e. The normalized spacial score (nSPS) is 14.1. The second-order valence-electron chi connectivity index (χ2n) is 7.63. The van der Waals surface area contributed by atoms with Crippen LogP contribution in [-0.2, 0) is 9.53 Å². The Balaban J connectivity index is 1.64. The Hall–Kier alpha value is -3.76. The first kappa shape index (κ1) is 23.9. The van der Waals surface area contributed by atoms with Crippen LogP contribution < -0.4 is 15.0 Å². The van der Waals surface area contributed by atoms with Crippen molar-refractivity contribution in [2.24, 2.45) is 5.92 Å². The summed E-state index contributed by atoms with van der Waals surface area (Å²) < 4.78 is 34.2. The number of alkyl halides is 2. The minimum atomic E-state index is -3.08. The van der Waals surface area contributed by atoms with E-state index in [1.807, 2.05) is 4.90 Å². The van der Waals surface area contributed by atoms with Gasteiger partial charge in [-0.15, -0.1) is 0 Å². The fourth-order valence-corrected chi connectivity index (χ4v) is 3.48. The van der Waals surface area contributed by atoms with Crippen LogP contribution in [0.5, 0.6) is 5.75 Å². The predicted octanol–water partition coefficient (Wildman–Crippen LogP) is 4.23. The molecular formula is C22H23F2N3O6. The maximum atomic E-state index is 12.5. The number of nitro groups is 1. The largest absolute Gasteiger partial charge is 0.452 e. The molecule has 0 atom stereocenters. The number of amides is 1. The zero-order valence-electron chi connectivity index (χ0n) is 17.8. The van der Waals surface area contributed by atoms with Crippen molar-refractivity contribution in [3.63, 3.8) is 0 Å². The molecule has 176 valence electrons. The van der Waals surface area contributed by atoms with E-state index in [2.05, 4.69) is 17.0 Å². The Morgan fingerprint density at radius 3 is 2.58 bits per heavy atom. The van der Waals surface area contributed by atoms with E-state index in [0.717, 1.165) is 18.9 Å². The van der Waals surface area contributed by atoms with E-state index >= 15 is 0 Å². The highest BCUT2D eigenvalue weighted by molar-refractivity contribution is 5.97. The van der Waals surface area contributed by atoms with E-state index in [0.29, 0.717) is 24.7 Å². The van der Waals surface area contributed by atoms with E-state index < -0.39 is 30.0 Å². The van der Waals surface area contributed by atoms with Crippen LogP contribution in [-0.4, -0.2) is 43.1 Å². The van der Waals surface area contributed by atoms with Crippen molar-refractivity contribution in [2.45, 2.75) is 26.4 Å². The van der Waals surface area contributed by atoms with Crippen molar-refractivity contribution in [3.8, 4) is 5.75 Å². The molecule has 11 heteroatoms. The molecule has 0 radical (unpaired) electrons. The summed E-state index contributed by atoms with van der Waals surface area (Å²) in [4.78, 5) is 37.4. The molecule has 0 spiro atoms. The van der Waals surface area contributed by atoms with Crippen molar-refractivity contribution >= 4 is 28.9 Å². The summed E-state index contributed by atoms with van der Waals surface area (Å²) in [7, 11) is 0. The van der Waals surface area contributed by atoms with Gasteiger partial charge in [0.25, 0.3) is 11.6 Å². The summed E-state index contributed by atoms with van der Waals surface area (Å²) in [5.74, 6) is -1.41. The van der Waals surface area contributed by atoms with Gasteiger partial charge in [0.1, 0.15) is 11.4 Å².